The van der Waals surface area contributed by atoms with Crippen LogP contribution in [0.4, 0.5) is 9.52 Å². The lowest BCUT2D eigenvalue weighted by Gasteiger charge is -2.11. The molecule has 1 amide bonds. The number of thiazole rings is 1. The quantitative estimate of drug-likeness (QED) is 0.584. The van der Waals surface area contributed by atoms with Crippen LogP contribution in [0, 0.1) is 5.82 Å². The van der Waals surface area contributed by atoms with Gasteiger partial charge in [0.15, 0.2) is 16.6 Å². The minimum Gasteiger partial charge on any atom is -0.490 e. The maximum atomic E-state index is 13.2. The van der Waals surface area contributed by atoms with Gasteiger partial charge in [-0.1, -0.05) is 23.5 Å². The highest BCUT2D eigenvalue weighted by Gasteiger charge is 2.09. The number of ether oxygens (including phenoxy) is 2. The van der Waals surface area contributed by atoms with Crippen LogP contribution < -0.4 is 14.8 Å². The topological polar surface area (TPSA) is 60.5 Å². The SMILES string of the molecule is CCOc1ccccc1OCCCC(=O)Nc1nc2ccc(F)cc2s1. The van der Waals surface area contributed by atoms with Gasteiger partial charge in [-0.2, -0.15) is 0 Å². The monoisotopic (exact) mass is 374 g/mol. The number of amides is 1. The van der Waals surface area contributed by atoms with Crippen LogP contribution >= 0.6 is 11.3 Å². The highest BCUT2D eigenvalue weighted by Crippen LogP contribution is 2.27. The van der Waals surface area contributed by atoms with Crippen molar-refractivity contribution in [1.82, 2.24) is 4.98 Å². The van der Waals surface area contributed by atoms with E-state index in [4.69, 9.17) is 9.47 Å². The first kappa shape index (κ1) is 18.1. The van der Waals surface area contributed by atoms with E-state index in [1.807, 2.05) is 31.2 Å². The van der Waals surface area contributed by atoms with Gasteiger partial charge >= 0.3 is 0 Å². The van der Waals surface area contributed by atoms with Crippen molar-refractivity contribution >= 4 is 32.6 Å². The number of nitrogens with one attached hydrogen (secondary N) is 1. The third kappa shape index (κ3) is 4.70. The molecule has 2 aromatic carbocycles. The molecule has 1 N–H and O–H groups in total. The van der Waals surface area contributed by atoms with E-state index in [1.54, 1.807) is 6.07 Å². The van der Waals surface area contributed by atoms with E-state index < -0.39 is 0 Å². The van der Waals surface area contributed by atoms with Crippen LogP contribution in [0.1, 0.15) is 19.8 Å². The summed E-state index contributed by atoms with van der Waals surface area (Å²) in [7, 11) is 0. The summed E-state index contributed by atoms with van der Waals surface area (Å²) in [6, 6.07) is 11.8. The van der Waals surface area contributed by atoms with E-state index in [0.717, 1.165) is 0 Å². The molecule has 0 saturated heterocycles. The van der Waals surface area contributed by atoms with Crippen molar-refractivity contribution in [2.45, 2.75) is 19.8 Å². The Balaban J connectivity index is 1.47. The Morgan fingerprint density at radius 2 is 1.96 bits per heavy atom. The number of carbonyl (C=O) groups is 1. The molecule has 0 aliphatic carbocycles. The summed E-state index contributed by atoms with van der Waals surface area (Å²) in [6.07, 6.45) is 0.868. The van der Waals surface area contributed by atoms with Crippen molar-refractivity contribution in [3.8, 4) is 11.5 Å². The van der Waals surface area contributed by atoms with E-state index in [-0.39, 0.29) is 11.7 Å². The number of benzene rings is 2. The summed E-state index contributed by atoms with van der Waals surface area (Å²) >= 11 is 1.25. The van der Waals surface area contributed by atoms with Gasteiger partial charge in [-0.3, -0.25) is 4.79 Å². The van der Waals surface area contributed by atoms with Crippen LogP contribution in [-0.2, 0) is 4.79 Å². The molecule has 0 fully saturated rings. The van der Waals surface area contributed by atoms with Crippen LogP contribution in [0.2, 0.25) is 0 Å². The number of hydrogen-bond acceptors (Lipinski definition) is 5. The van der Waals surface area contributed by atoms with Gasteiger partial charge in [0, 0.05) is 6.42 Å². The van der Waals surface area contributed by atoms with Gasteiger partial charge in [-0.15, -0.1) is 0 Å². The second kappa shape index (κ2) is 8.62. The fourth-order valence-electron chi connectivity index (χ4n) is 2.39. The number of aromatic nitrogens is 1. The second-order valence-corrected chi connectivity index (χ2v) is 6.54. The standard InChI is InChI=1S/C19H19FN2O3S/c1-2-24-15-6-3-4-7-16(15)25-11-5-8-18(23)22-19-21-14-10-9-13(20)12-17(14)26-19/h3-4,6-7,9-10,12H,2,5,8,11H2,1H3,(H,21,22,23). The number of para-hydroxylation sites is 2. The first-order valence-corrected chi connectivity index (χ1v) is 9.18. The van der Waals surface area contributed by atoms with Crippen LogP contribution in [-0.4, -0.2) is 24.1 Å². The first-order valence-electron chi connectivity index (χ1n) is 8.36. The first-order chi connectivity index (χ1) is 12.7. The third-order valence-corrected chi connectivity index (χ3v) is 4.49. The lowest BCUT2D eigenvalue weighted by Crippen LogP contribution is -2.12. The predicted octanol–water partition coefficient (Wildman–Crippen LogP) is 4.63. The zero-order chi connectivity index (χ0) is 18.4. The summed E-state index contributed by atoms with van der Waals surface area (Å²) in [5, 5.41) is 3.22. The van der Waals surface area contributed by atoms with Gasteiger partial charge in [0.25, 0.3) is 0 Å². The molecule has 0 aliphatic rings. The van der Waals surface area contributed by atoms with Crippen LogP contribution in [0.15, 0.2) is 42.5 Å². The summed E-state index contributed by atoms with van der Waals surface area (Å²) in [5.74, 6) is 0.902. The van der Waals surface area contributed by atoms with Gasteiger partial charge < -0.3 is 14.8 Å². The van der Waals surface area contributed by atoms with Gasteiger partial charge in [0.05, 0.1) is 23.4 Å². The molecule has 5 nitrogen and oxygen atoms in total. The lowest BCUT2D eigenvalue weighted by molar-refractivity contribution is -0.116. The molecule has 1 aromatic heterocycles. The molecule has 136 valence electrons. The second-order valence-electron chi connectivity index (χ2n) is 5.51. The number of fused-ring (bicyclic) bond motifs is 1. The van der Waals surface area contributed by atoms with E-state index >= 15 is 0 Å². The molecule has 3 aromatic rings. The van der Waals surface area contributed by atoms with Crippen LogP contribution in [0.25, 0.3) is 10.2 Å². The number of rotatable bonds is 8. The van der Waals surface area contributed by atoms with Gasteiger partial charge in [0.2, 0.25) is 5.91 Å². The Morgan fingerprint density at radius 1 is 1.19 bits per heavy atom. The average Bonchev–Trinajstić information content (AvgIpc) is 3.01. The third-order valence-electron chi connectivity index (χ3n) is 3.55. The predicted molar refractivity (Wildman–Crippen MR) is 101 cm³/mol. The zero-order valence-electron chi connectivity index (χ0n) is 14.3. The molecule has 0 bridgehead atoms. The Bertz CT molecular complexity index is 897. The average molecular weight is 374 g/mol. The number of nitrogens with zero attached hydrogens (tertiary/aromatic N) is 1. The maximum absolute atomic E-state index is 13.2. The molecular formula is C19H19FN2O3S. The molecule has 0 spiro atoms. The fourth-order valence-corrected chi connectivity index (χ4v) is 3.30. The smallest absolute Gasteiger partial charge is 0.226 e. The van der Waals surface area contributed by atoms with Crippen molar-refractivity contribution in [3.63, 3.8) is 0 Å². The normalized spacial score (nSPS) is 10.7. The minimum atomic E-state index is -0.316. The molecule has 7 heteroatoms. The maximum Gasteiger partial charge on any atom is 0.226 e. The molecule has 0 radical (unpaired) electrons. The number of halogens is 1. The van der Waals surface area contributed by atoms with Crippen LogP contribution in [0.5, 0.6) is 11.5 Å². The van der Waals surface area contributed by atoms with E-state index in [0.29, 0.717) is 52.9 Å². The van der Waals surface area contributed by atoms with Gasteiger partial charge in [-0.05, 0) is 43.7 Å². The molecule has 0 saturated carbocycles. The summed E-state index contributed by atoms with van der Waals surface area (Å²) in [6.45, 7) is 2.88. The highest BCUT2D eigenvalue weighted by molar-refractivity contribution is 7.22. The largest absolute Gasteiger partial charge is 0.490 e. The molecule has 3 rings (SSSR count). The van der Waals surface area contributed by atoms with Crippen molar-refractivity contribution < 1.29 is 18.7 Å². The molecular weight excluding hydrogens is 355 g/mol. The van der Waals surface area contributed by atoms with Crippen molar-refractivity contribution in [3.05, 3.63) is 48.3 Å². The van der Waals surface area contributed by atoms with E-state index in [1.165, 1.54) is 23.5 Å². The Hall–Kier alpha value is -2.67. The molecule has 26 heavy (non-hydrogen) atoms. The number of anilines is 1. The van der Waals surface area contributed by atoms with E-state index in [9.17, 15) is 9.18 Å². The fraction of sp³-hybridized carbons (Fsp3) is 0.263. The molecule has 0 unspecified atom stereocenters. The molecule has 0 aliphatic heterocycles. The molecule has 0 atom stereocenters. The van der Waals surface area contributed by atoms with Crippen molar-refractivity contribution in [2.24, 2.45) is 0 Å². The Labute approximate surface area is 154 Å². The minimum absolute atomic E-state index is 0.147. The summed E-state index contributed by atoms with van der Waals surface area (Å²) < 4.78 is 25.1. The van der Waals surface area contributed by atoms with Crippen molar-refractivity contribution in [1.29, 1.82) is 0 Å². The van der Waals surface area contributed by atoms with Gasteiger partial charge in [0.1, 0.15) is 5.82 Å². The highest BCUT2D eigenvalue weighted by atomic mass is 32.1. The lowest BCUT2D eigenvalue weighted by atomic mass is 10.3. The van der Waals surface area contributed by atoms with Crippen molar-refractivity contribution in [2.75, 3.05) is 18.5 Å². The summed E-state index contributed by atoms with van der Waals surface area (Å²) in [4.78, 5) is 16.3. The Morgan fingerprint density at radius 3 is 2.73 bits per heavy atom. The zero-order valence-corrected chi connectivity index (χ0v) is 15.1. The summed E-state index contributed by atoms with van der Waals surface area (Å²) in [5.41, 5.74) is 0.669. The van der Waals surface area contributed by atoms with E-state index in [2.05, 4.69) is 10.3 Å². The number of hydrogen-bond donors (Lipinski definition) is 1. The van der Waals surface area contributed by atoms with Crippen LogP contribution in [0.3, 0.4) is 0 Å². The number of carbonyl (C=O) groups excluding carboxylic acids is 1. The van der Waals surface area contributed by atoms with Gasteiger partial charge in [-0.25, -0.2) is 9.37 Å². The molecule has 1 heterocycles. The Kier molecular flexibility index (Phi) is 6.01.